The van der Waals surface area contributed by atoms with Gasteiger partial charge >= 0.3 is 0 Å². The van der Waals surface area contributed by atoms with Gasteiger partial charge in [0.15, 0.2) is 0 Å². The second kappa shape index (κ2) is 6.39. The maximum atomic E-state index is 11.6. The molecule has 0 heterocycles. The van der Waals surface area contributed by atoms with Crippen LogP contribution in [0.1, 0.15) is 24.2 Å². The Morgan fingerprint density at radius 1 is 1.24 bits per heavy atom. The summed E-state index contributed by atoms with van der Waals surface area (Å²) in [5.41, 5.74) is 0.533. The van der Waals surface area contributed by atoms with E-state index in [2.05, 4.69) is 26.6 Å². The van der Waals surface area contributed by atoms with E-state index in [0.29, 0.717) is 5.56 Å². The smallest absolute Gasteiger partial charge is 0.251 e. The van der Waals surface area contributed by atoms with Crippen molar-refractivity contribution in [3.8, 4) is 0 Å². The molecule has 0 spiro atoms. The van der Waals surface area contributed by atoms with Crippen molar-refractivity contribution in [3.05, 3.63) is 34.3 Å². The zero-order valence-corrected chi connectivity index (χ0v) is 11.4. The number of rotatable bonds is 4. The van der Waals surface area contributed by atoms with Crippen molar-refractivity contribution in [2.45, 2.75) is 19.9 Å². The molecule has 0 aliphatic rings. The standard InChI is InChI=1S/C12H15BrN2O2/c1-8(2)15-11(16)7-14-12(17)9-3-5-10(13)6-4-9/h3-6,8H,7H2,1-2H3,(H,14,17)(H,15,16). The molecule has 0 unspecified atom stereocenters. The summed E-state index contributed by atoms with van der Waals surface area (Å²) in [4.78, 5) is 22.9. The highest BCUT2D eigenvalue weighted by Gasteiger charge is 2.08. The molecule has 1 aromatic rings. The normalized spacial score (nSPS) is 10.1. The lowest BCUT2D eigenvalue weighted by atomic mass is 10.2. The molecule has 0 atom stereocenters. The van der Waals surface area contributed by atoms with E-state index in [1.807, 2.05) is 13.8 Å². The molecule has 0 fully saturated rings. The van der Waals surface area contributed by atoms with Crippen LogP contribution in [-0.2, 0) is 4.79 Å². The average molecular weight is 299 g/mol. The van der Waals surface area contributed by atoms with Gasteiger partial charge in [0.2, 0.25) is 5.91 Å². The van der Waals surface area contributed by atoms with Crippen molar-refractivity contribution < 1.29 is 9.59 Å². The lowest BCUT2D eigenvalue weighted by Crippen LogP contribution is -2.39. The van der Waals surface area contributed by atoms with Gasteiger partial charge in [-0.1, -0.05) is 15.9 Å². The maximum absolute atomic E-state index is 11.6. The first kappa shape index (κ1) is 13.7. The summed E-state index contributed by atoms with van der Waals surface area (Å²) in [6.07, 6.45) is 0. The minimum Gasteiger partial charge on any atom is -0.352 e. The van der Waals surface area contributed by atoms with E-state index in [-0.39, 0.29) is 24.4 Å². The summed E-state index contributed by atoms with van der Waals surface area (Å²) >= 11 is 3.29. The lowest BCUT2D eigenvalue weighted by Gasteiger charge is -2.09. The molecule has 5 heteroatoms. The Bertz CT molecular complexity index is 401. The molecule has 17 heavy (non-hydrogen) atoms. The SMILES string of the molecule is CC(C)NC(=O)CNC(=O)c1ccc(Br)cc1. The predicted molar refractivity (Wildman–Crippen MR) is 69.8 cm³/mol. The van der Waals surface area contributed by atoms with Crippen molar-refractivity contribution in [1.29, 1.82) is 0 Å². The van der Waals surface area contributed by atoms with Crippen LogP contribution in [0.4, 0.5) is 0 Å². The third-order valence-corrected chi connectivity index (χ3v) is 2.49. The van der Waals surface area contributed by atoms with E-state index in [4.69, 9.17) is 0 Å². The highest BCUT2D eigenvalue weighted by atomic mass is 79.9. The van der Waals surface area contributed by atoms with E-state index in [0.717, 1.165) is 4.47 Å². The van der Waals surface area contributed by atoms with Gasteiger partial charge in [0.05, 0.1) is 6.54 Å². The second-order valence-corrected chi connectivity index (χ2v) is 4.83. The maximum Gasteiger partial charge on any atom is 0.251 e. The van der Waals surface area contributed by atoms with E-state index < -0.39 is 0 Å². The fourth-order valence-corrected chi connectivity index (χ4v) is 1.50. The number of halogens is 1. The van der Waals surface area contributed by atoms with Gasteiger partial charge in [0, 0.05) is 16.1 Å². The Hall–Kier alpha value is -1.36. The van der Waals surface area contributed by atoms with Gasteiger partial charge in [-0.15, -0.1) is 0 Å². The highest BCUT2D eigenvalue weighted by molar-refractivity contribution is 9.10. The molecule has 2 N–H and O–H groups in total. The summed E-state index contributed by atoms with van der Waals surface area (Å²) in [5, 5.41) is 5.25. The summed E-state index contributed by atoms with van der Waals surface area (Å²) < 4.78 is 0.909. The first-order valence-electron chi connectivity index (χ1n) is 5.32. The fraction of sp³-hybridized carbons (Fsp3) is 0.333. The van der Waals surface area contributed by atoms with Gasteiger partial charge in [-0.2, -0.15) is 0 Å². The van der Waals surface area contributed by atoms with E-state index in [9.17, 15) is 9.59 Å². The number of carbonyl (C=O) groups is 2. The second-order valence-electron chi connectivity index (χ2n) is 3.91. The molecule has 0 aromatic heterocycles. The molecular formula is C12H15BrN2O2. The van der Waals surface area contributed by atoms with Crippen LogP contribution >= 0.6 is 15.9 Å². The molecule has 1 aromatic carbocycles. The van der Waals surface area contributed by atoms with Crippen LogP contribution in [0.5, 0.6) is 0 Å². The van der Waals surface area contributed by atoms with Crippen LogP contribution in [0.3, 0.4) is 0 Å². The van der Waals surface area contributed by atoms with E-state index >= 15 is 0 Å². The molecule has 4 nitrogen and oxygen atoms in total. The van der Waals surface area contributed by atoms with Gasteiger partial charge in [0.1, 0.15) is 0 Å². The molecule has 2 amide bonds. The molecule has 0 aliphatic heterocycles. The molecule has 0 saturated heterocycles. The average Bonchev–Trinajstić information content (AvgIpc) is 2.26. The molecule has 0 saturated carbocycles. The van der Waals surface area contributed by atoms with Crippen LogP contribution in [-0.4, -0.2) is 24.4 Å². The number of benzene rings is 1. The number of hydrogen-bond donors (Lipinski definition) is 2. The molecule has 92 valence electrons. The molecule has 1 rings (SSSR count). The van der Waals surface area contributed by atoms with Crippen molar-refractivity contribution in [2.24, 2.45) is 0 Å². The lowest BCUT2D eigenvalue weighted by molar-refractivity contribution is -0.120. The highest BCUT2D eigenvalue weighted by Crippen LogP contribution is 2.10. The fourth-order valence-electron chi connectivity index (χ4n) is 1.24. The Balaban J connectivity index is 2.45. The minimum absolute atomic E-state index is 0.00687. The van der Waals surface area contributed by atoms with Crippen LogP contribution in [0.25, 0.3) is 0 Å². The quantitative estimate of drug-likeness (QED) is 0.889. The summed E-state index contributed by atoms with van der Waals surface area (Å²) in [6, 6.07) is 7.03. The Labute approximate surface area is 109 Å². The zero-order chi connectivity index (χ0) is 12.8. The number of carbonyl (C=O) groups excluding carboxylic acids is 2. The topological polar surface area (TPSA) is 58.2 Å². The molecule has 0 radical (unpaired) electrons. The van der Waals surface area contributed by atoms with Gasteiger partial charge in [-0.3, -0.25) is 9.59 Å². The summed E-state index contributed by atoms with van der Waals surface area (Å²) in [5.74, 6) is -0.443. The van der Waals surface area contributed by atoms with Gasteiger partial charge < -0.3 is 10.6 Å². The monoisotopic (exact) mass is 298 g/mol. The third-order valence-electron chi connectivity index (χ3n) is 1.97. The van der Waals surface area contributed by atoms with Gasteiger partial charge in [0.25, 0.3) is 5.91 Å². The summed E-state index contributed by atoms with van der Waals surface area (Å²) in [6.45, 7) is 3.73. The largest absolute Gasteiger partial charge is 0.352 e. The van der Waals surface area contributed by atoms with Crippen LogP contribution in [0, 0.1) is 0 Å². The molecular weight excluding hydrogens is 284 g/mol. The predicted octanol–water partition coefficient (Wildman–Crippen LogP) is 1.70. The van der Waals surface area contributed by atoms with E-state index in [1.165, 1.54) is 0 Å². The van der Waals surface area contributed by atoms with Crippen LogP contribution in [0.15, 0.2) is 28.7 Å². The number of nitrogens with one attached hydrogen (secondary N) is 2. The van der Waals surface area contributed by atoms with Crippen molar-refractivity contribution in [1.82, 2.24) is 10.6 Å². The first-order valence-corrected chi connectivity index (χ1v) is 6.11. The van der Waals surface area contributed by atoms with Gasteiger partial charge in [-0.25, -0.2) is 0 Å². The van der Waals surface area contributed by atoms with Crippen molar-refractivity contribution >= 4 is 27.7 Å². The molecule has 0 bridgehead atoms. The number of hydrogen-bond acceptors (Lipinski definition) is 2. The van der Waals surface area contributed by atoms with Crippen LogP contribution in [0.2, 0.25) is 0 Å². The minimum atomic E-state index is -0.253. The van der Waals surface area contributed by atoms with Crippen LogP contribution < -0.4 is 10.6 Å². The molecule has 0 aliphatic carbocycles. The third kappa shape index (κ3) is 4.99. The Morgan fingerprint density at radius 2 is 1.82 bits per heavy atom. The summed E-state index contributed by atoms with van der Waals surface area (Å²) in [7, 11) is 0. The van der Waals surface area contributed by atoms with E-state index in [1.54, 1.807) is 24.3 Å². The number of amides is 2. The first-order chi connectivity index (χ1) is 7.99. The zero-order valence-electron chi connectivity index (χ0n) is 9.79. The Kier molecular flexibility index (Phi) is 5.15. The Morgan fingerprint density at radius 3 is 2.35 bits per heavy atom. The van der Waals surface area contributed by atoms with Gasteiger partial charge in [-0.05, 0) is 38.1 Å². The van der Waals surface area contributed by atoms with Crippen molar-refractivity contribution in [2.75, 3.05) is 6.54 Å². The van der Waals surface area contributed by atoms with Crippen molar-refractivity contribution in [3.63, 3.8) is 0 Å².